The van der Waals surface area contributed by atoms with E-state index in [-0.39, 0.29) is 24.2 Å². The zero-order valence-corrected chi connectivity index (χ0v) is 20.6. The standard InChI is InChI=1S/C28H28FN5O2/c1-4-15-30-24-19(18-31-27(33-24)32-21-9-7-8-20(29)17-21)12-13-28(2,3)14-16-34-25(35)22-10-5-6-11-23(22)26(34)36/h5-11,17-18H,4,14-16H2,1-3H3,(H2,30,31,32,33). The van der Waals surface area contributed by atoms with Crippen LogP contribution in [0.25, 0.3) is 0 Å². The number of imide groups is 1. The molecule has 0 fully saturated rings. The molecule has 0 aliphatic carbocycles. The number of hydrogen-bond acceptors (Lipinski definition) is 6. The highest BCUT2D eigenvalue weighted by molar-refractivity contribution is 6.21. The lowest BCUT2D eigenvalue weighted by molar-refractivity contribution is 0.0643. The van der Waals surface area contributed by atoms with E-state index in [4.69, 9.17) is 0 Å². The van der Waals surface area contributed by atoms with Crippen LogP contribution < -0.4 is 10.6 Å². The zero-order valence-electron chi connectivity index (χ0n) is 20.6. The minimum absolute atomic E-state index is 0.264. The molecular weight excluding hydrogens is 457 g/mol. The van der Waals surface area contributed by atoms with Gasteiger partial charge in [0.05, 0.1) is 22.9 Å². The monoisotopic (exact) mass is 485 g/mol. The van der Waals surface area contributed by atoms with Crippen molar-refractivity contribution < 1.29 is 14.0 Å². The van der Waals surface area contributed by atoms with Gasteiger partial charge in [-0.3, -0.25) is 14.5 Å². The van der Waals surface area contributed by atoms with Gasteiger partial charge in [0.25, 0.3) is 11.8 Å². The van der Waals surface area contributed by atoms with Crippen LogP contribution in [0.4, 0.5) is 21.8 Å². The summed E-state index contributed by atoms with van der Waals surface area (Å²) in [6.07, 6.45) is 3.04. The van der Waals surface area contributed by atoms with Crippen molar-refractivity contribution in [2.45, 2.75) is 33.6 Å². The molecule has 2 heterocycles. The fraction of sp³-hybridized carbons (Fsp3) is 0.286. The molecule has 1 aliphatic rings. The molecule has 4 rings (SSSR count). The van der Waals surface area contributed by atoms with E-state index in [1.54, 1.807) is 42.6 Å². The van der Waals surface area contributed by atoms with Crippen LogP contribution in [0.1, 0.15) is 59.9 Å². The maximum Gasteiger partial charge on any atom is 0.261 e. The summed E-state index contributed by atoms with van der Waals surface area (Å²) in [4.78, 5) is 35.5. The second kappa shape index (κ2) is 10.6. The van der Waals surface area contributed by atoms with Crippen molar-refractivity contribution in [2.24, 2.45) is 5.41 Å². The Morgan fingerprint density at radius 3 is 2.44 bits per heavy atom. The van der Waals surface area contributed by atoms with Crippen molar-refractivity contribution in [3.05, 3.63) is 77.2 Å². The van der Waals surface area contributed by atoms with Gasteiger partial charge in [0.15, 0.2) is 0 Å². The number of fused-ring (bicyclic) bond motifs is 1. The summed E-state index contributed by atoms with van der Waals surface area (Å²) in [5.74, 6) is 6.45. The minimum atomic E-state index is -0.476. The van der Waals surface area contributed by atoms with E-state index < -0.39 is 5.41 Å². The van der Waals surface area contributed by atoms with E-state index in [1.807, 2.05) is 20.8 Å². The van der Waals surface area contributed by atoms with E-state index in [1.165, 1.54) is 17.0 Å². The molecule has 0 saturated heterocycles. The quantitative estimate of drug-likeness (QED) is 0.335. The minimum Gasteiger partial charge on any atom is -0.369 e. The van der Waals surface area contributed by atoms with Gasteiger partial charge in [0, 0.05) is 24.2 Å². The molecule has 0 saturated carbocycles. The second-order valence-electron chi connectivity index (χ2n) is 9.21. The molecule has 36 heavy (non-hydrogen) atoms. The average molecular weight is 486 g/mol. The molecule has 0 spiro atoms. The highest BCUT2D eigenvalue weighted by Crippen LogP contribution is 2.26. The number of hydrogen-bond donors (Lipinski definition) is 2. The van der Waals surface area contributed by atoms with Crippen molar-refractivity contribution in [3.8, 4) is 11.8 Å². The van der Waals surface area contributed by atoms with E-state index in [2.05, 4.69) is 32.4 Å². The van der Waals surface area contributed by atoms with Gasteiger partial charge in [-0.2, -0.15) is 4.98 Å². The maximum atomic E-state index is 13.5. The van der Waals surface area contributed by atoms with Gasteiger partial charge in [0.2, 0.25) is 5.95 Å². The molecule has 1 aliphatic heterocycles. The number of rotatable bonds is 8. The van der Waals surface area contributed by atoms with Crippen LogP contribution in [0.2, 0.25) is 0 Å². The third-order valence-corrected chi connectivity index (χ3v) is 5.79. The van der Waals surface area contributed by atoms with Gasteiger partial charge in [-0.1, -0.05) is 37.0 Å². The molecule has 184 valence electrons. The number of nitrogens with zero attached hydrogens (tertiary/aromatic N) is 3. The molecule has 2 aromatic carbocycles. The number of halogens is 1. The van der Waals surface area contributed by atoms with E-state index in [0.717, 1.165) is 6.42 Å². The van der Waals surface area contributed by atoms with Gasteiger partial charge in [-0.15, -0.1) is 0 Å². The van der Waals surface area contributed by atoms with Gasteiger partial charge in [-0.05, 0) is 57.0 Å². The third kappa shape index (κ3) is 5.69. The summed E-state index contributed by atoms with van der Waals surface area (Å²) in [5, 5.41) is 6.28. The Hall–Kier alpha value is -4.25. The summed E-state index contributed by atoms with van der Waals surface area (Å²) < 4.78 is 13.5. The first-order chi connectivity index (χ1) is 17.3. The van der Waals surface area contributed by atoms with E-state index in [0.29, 0.717) is 47.1 Å². The average Bonchev–Trinajstić information content (AvgIpc) is 3.10. The number of carbonyl (C=O) groups is 2. The fourth-order valence-electron chi connectivity index (χ4n) is 3.74. The normalized spacial score (nSPS) is 12.7. The lowest BCUT2D eigenvalue weighted by Crippen LogP contribution is -2.33. The lowest BCUT2D eigenvalue weighted by Gasteiger charge is -2.21. The molecule has 1 aromatic heterocycles. The van der Waals surface area contributed by atoms with Gasteiger partial charge >= 0.3 is 0 Å². The molecule has 0 unspecified atom stereocenters. The molecule has 0 atom stereocenters. The fourth-order valence-corrected chi connectivity index (χ4v) is 3.74. The highest BCUT2D eigenvalue weighted by Gasteiger charge is 2.35. The van der Waals surface area contributed by atoms with Crippen LogP contribution in [-0.4, -0.2) is 39.8 Å². The smallest absolute Gasteiger partial charge is 0.261 e. The summed E-state index contributed by atoms with van der Waals surface area (Å²) in [7, 11) is 0. The Bertz CT molecular complexity index is 1320. The summed E-state index contributed by atoms with van der Waals surface area (Å²) in [6, 6.07) is 13.0. The first-order valence-corrected chi connectivity index (χ1v) is 11.9. The van der Waals surface area contributed by atoms with Gasteiger partial charge in [0.1, 0.15) is 11.6 Å². The highest BCUT2D eigenvalue weighted by atomic mass is 19.1. The Balaban J connectivity index is 1.48. The van der Waals surface area contributed by atoms with Crippen molar-refractivity contribution in [3.63, 3.8) is 0 Å². The van der Waals surface area contributed by atoms with Crippen molar-refractivity contribution in [2.75, 3.05) is 23.7 Å². The van der Waals surface area contributed by atoms with Crippen LogP contribution in [0.15, 0.2) is 54.7 Å². The van der Waals surface area contributed by atoms with Crippen LogP contribution in [0, 0.1) is 23.1 Å². The number of nitrogens with one attached hydrogen (secondary N) is 2. The van der Waals surface area contributed by atoms with Gasteiger partial charge < -0.3 is 10.6 Å². The summed E-state index contributed by atoms with van der Waals surface area (Å²) in [6.45, 7) is 6.97. The molecular formula is C28H28FN5O2. The Morgan fingerprint density at radius 1 is 1.06 bits per heavy atom. The number of amides is 2. The van der Waals surface area contributed by atoms with Crippen molar-refractivity contribution >= 4 is 29.3 Å². The Morgan fingerprint density at radius 2 is 1.78 bits per heavy atom. The number of carbonyl (C=O) groups excluding carboxylic acids is 2. The lowest BCUT2D eigenvalue weighted by atomic mass is 9.89. The largest absolute Gasteiger partial charge is 0.369 e. The Kier molecular flexibility index (Phi) is 7.30. The summed E-state index contributed by atoms with van der Waals surface area (Å²) in [5.41, 5.74) is 1.59. The second-order valence-corrected chi connectivity index (χ2v) is 9.21. The SMILES string of the molecule is CCCNc1nc(Nc2cccc(F)c2)ncc1C#CC(C)(C)CCN1C(=O)c2ccccc2C1=O. The van der Waals surface area contributed by atoms with E-state index in [9.17, 15) is 14.0 Å². The predicted octanol–water partition coefficient (Wildman–Crippen LogP) is 5.25. The van der Waals surface area contributed by atoms with Crippen molar-refractivity contribution in [1.82, 2.24) is 14.9 Å². The first kappa shape index (κ1) is 24.9. The predicted molar refractivity (Wildman–Crippen MR) is 138 cm³/mol. The van der Waals surface area contributed by atoms with Crippen LogP contribution in [0.3, 0.4) is 0 Å². The first-order valence-electron chi connectivity index (χ1n) is 11.9. The van der Waals surface area contributed by atoms with Crippen LogP contribution in [-0.2, 0) is 0 Å². The Labute approximate surface area is 210 Å². The van der Waals surface area contributed by atoms with Crippen LogP contribution >= 0.6 is 0 Å². The third-order valence-electron chi connectivity index (χ3n) is 5.79. The van der Waals surface area contributed by atoms with E-state index >= 15 is 0 Å². The molecule has 8 heteroatoms. The number of aromatic nitrogens is 2. The molecule has 2 N–H and O–H groups in total. The number of benzene rings is 2. The molecule has 3 aromatic rings. The molecule has 0 bridgehead atoms. The summed E-state index contributed by atoms with van der Waals surface area (Å²) >= 11 is 0. The zero-order chi connectivity index (χ0) is 25.7. The van der Waals surface area contributed by atoms with Gasteiger partial charge in [-0.25, -0.2) is 9.37 Å². The maximum absolute atomic E-state index is 13.5. The van der Waals surface area contributed by atoms with Crippen molar-refractivity contribution in [1.29, 1.82) is 0 Å². The molecule has 0 radical (unpaired) electrons. The topological polar surface area (TPSA) is 87.2 Å². The molecule has 7 nitrogen and oxygen atoms in total. The van der Waals surface area contributed by atoms with Crippen LogP contribution in [0.5, 0.6) is 0 Å². The molecule has 2 amide bonds. The number of anilines is 3.